The normalized spacial score (nSPS) is 12.4. The Labute approximate surface area is 95.1 Å². The summed E-state index contributed by atoms with van der Waals surface area (Å²) in [4.78, 5) is 4.23. The molecule has 2 aromatic rings. The van der Waals surface area contributed by atoms with Crippen molar-refractivity contribution in [1.82, 2.24) is 9.55 Å². The van der Waals surface area contributed by atoms with Gasteiger partial charge in [0.05, 0.1) is 6.04 Å². The fraction of sp³-hybridized carbons (Fsp3) is 0.250. The van der Waals surface area contributed by atoms with Crippen LogP contribution in [0.5, 0.6) is 0 Å². The maximum Gasteiger partial charge on any atom is 0.202 e. The van der Waals surface area contributed by atoms with E-state index in [2.05, 4.69) is 17.2 Å². The van der Waals surface area contributed by atoms with Crippen LogP contribution in [-0.4, -0.2) is 9.55 Å². The molecule has 0 spiro atoms. The lowest BCUT2D eigenvalue weighted by atomic mass is 10.1. The third-order valence-corrected chi connectivity index (χ3v) is 2.60. The van der Waals surface area contributed by atoms with Crippen molar-refractivity contribution in [1.29, 1.82) is 0 Å². The third kappa shape index (κ3) is 2.16. The molecule has 16 heavy (non-hydrogen) atoms. The molecule has 1 aromatic heterocycles. The van der Waals surface area contributed by atoms with E-state index in [9.17, 15) is 0 Å². The number of benzene rings is 1. The number of nitrogens with zero attached hydrogens (tertiary/aromatic N) is 2. The average Bonchev–Trinajstić information content (AvgIpc) is 2.65. The zero-order valence-electron chi connectivity index (χ0n) is 9.51. The standard InChI is InChI=1S/C12H16N4/c1-9(10-3-5-11(13)6-4-10)15-12-14-7-8-16(12)2/h3-9H,13H2,1-2H3,(H,14,15). The van der Waals surface area contributed by atoms with E-state index in [0.717, 1.165) is 11.6 Å². The van der Waals surface area contributed by atoms with Crippen LogP contribution in [0.4, 0.5) is 11.6 Å². The van der Waals surface area contributed by atoms with Gasteiger partial charge in [-0.2, -0.15) is 0 Å². The van der Waals surface area contributed by atoms with Crippen LogP contribution in [0.25, 0.3) is 0 Å². The number of aromatic nitrogens is 2. The van der Waals surface area contributed by atoms with Gasteiger partial charge in [-0.05, 0) is 24.6 Å². The third-order valence-electron chi connectivity index (χ3n) is 2.60. The second kappa shape index (κ2) is 4.26. The lowest BCUT2D eigenvalue weighted by Crippen LogP contribution is -2.10. The highest BCUT2D eigenvalue weighted by Gasteiger charge is 2.07. The number of rotatable bonds is 3. The van der Waals surface area contributed by atoms with Crippen molar-refractivity contribution in [3.8, 4) is 0 Å². The summed E-state index contributed by atoms with van der Waals surface area (Å²) in [5, 5.41) is 3.34. The molecule has 84 valence electrons. The molecule has 0 amide bonds. The topological polar surface area (TPSA) is 55.9 Å². The summed E-state index contributed by atoms with van der Waals surface area (Å²) in [6.45, 7) is 2.10. The Hall–Kier alpha value is -1.97. The first-order chi connectivity index (χ1) is 7.66. The molecule has 1 heterocycles. The van der Waals surface area contributed by atoms with Gasteiger partial charge in [0.1, 0.15) is 0 Å². The number of anilines is 2. The Morgan fingerprint density at radius 1 is 1.31 bits per heavy atom. The number of aryl methyl sites for hydroxylation is 1. The lowest BCUT2D eigenvalue weighted by molar-refractivity contribution is 0.823. The largest absolute Gasteiger partial charge is 0.399 e. The van der Waals surface area contributed by atoms with E-state index in [-0.39, 0.29) is 6.04 Å². The van der Waals surface area contributed by atoms with Crippen LogP contribution < -0.4 is 11.1 Å². The van der Waals surface area contributed by atoms with Crippen LogP contribution in [0.1, 0.15) is 18.5 Å². The minimum atomic E-state index is 0.210. The van der Waals surface area contributed by atoms with E-state index in [1.54, 1.807) is 6.20 Å². The highest BCUT2D eigenvalue weighted by Crippen LogP contribution is 2.18. The first-order valence-electron chi connectivity index (χ1n) is 5.26. The summed E-state index contributed by atoms with van der Waals surface area (Å²) >= 11 is 0. The SMILES string of the molecule is CC(Nc1nccn1C)c1ccc(N)cc1. The van der Waals surface area contributed by atoms with Crippen LogP contribution >= 0.6 is 0 Å². The lowest BCUT2D eigenvalue weighted by Gasteiger charge is -2.15. The van der Waals surface area contributed by atoms with Crippen LogP contribution in [-0.2, 0) is 7.05 Å². The van der Waals surface area contributed by atoms with E-state index in [0.29, 0.717) is 0 Å². The van der Waals surface area contributed by atoms with Gasteiger partial charge in [0.2, 0.25) is 5.95 Å². The van der Waals surface area contributed by atoms with Crippen molar-refractivity contribution in [2.45, 2.75) is 13.0 Å². The number of imidazole rings is 1. The number of hydrogen-bond acceptors (Lipinski definition) is 3. The minimum Gasteiger partial charge on any atom is -0.399 e. The minimum absolute atomic E-state index is 0.210. The molecule has 0 saturated heterocycles. The molecule has 2 rings (SSSR count). The van der Waals surface area contributed by atoms with Gasteiger partial charge in [-0.15, -0.1) is 0 Å². The van der Waals surface area contributed by atoms with Gasteiger partial charge in [0, 0.05) is 25.1 Å². The quantitative estimate of drug-likeness (QED) is 0.773. The molecule has 4 nitrogen and oxygen atoms in total. The van der Waals surface area contributed by atoms with Crippen LogP contribution in [0.15, 0.2) is 36.7 Å². The van der Waals surface area contributed by atoms with Crippen LogP contribution in [0, 0.1) is 0 Å². The monoisotopic (exact) mass is 216 g/mol. The van der Waals surface area contributed by atoms with Crippen molar-refractivity contribution in [3.05, 3.63) is 42.2 Å². The molecular formula is C12H16N4. The Morgan fingerprint density at radius 3 is 2.56 bits per heavy atom. The van der Waals surface area contributed by atoms with E-state index < -0.39 is 0 Å². The second-order valence-corrected chi connectivity index (χ2v) is 3.89. The molecule has 0 aliphatic carbocycles. The number of nitrogens with two attached hydrogens (primary N) is 1. The molecule has 0 fully saturated rings. The van der Waals surface area contributed by atoms with Gasteiger partial charge in [-0.25, -0.2) is 4.98 Å². The Balaban J connectivity index is 2.11. The van der Waals surface area contributed by atoms with Crippen LogP contribution in [0.3, 0.4) is 0 Å². The maximum absolute atomic E-state index is 5.65. The van der Waals surface area contributed by atoms with Gasteiger partial charge in [-0.1, -0.05) is 12.1 Å². The van der Waals surface area contributed by atoms with Crippen molar-refractivity contribution in [2.75, 3.05) is 11.1 Å². The molecule has 0 radical (unpaired) electrons. The molecule has 0 aliphatic rings. The van der Waals surface area contributed by atoms with Crippen LogP contribution in [0.2, 0.25) is 0 Å². The van der Waals surface area contributed by atoms with Crippen molar-refractivity contribution >= 4 is 11.6 Å². The molecule has 4 heteroatoms. The smallest absolute Gasteiger partial charge is 0.202 e. The summed E-state index contributed by atoms with van der Waals surface area (Å²) in [5.41, 5.74) is 7.63. The first kappa shape index (κ1) is 10.5. The summed E-state index contributed by atoms with van der Waals surface area (Å²) in [7, 11) is 1.96. The molecule has 0 saturated carbocycles. The molecule has 1 aromatic carbocycles. The van der Waals surface area contributed by atoms with E-state index in [4.69, 9.17) is 5.73 Å². The number of nitrogen functional groups attached to an aromatic ring is 1. The van der Waals surface area contributed by atoms with Gasteiger partial charge in [-0.3, -0.25) is 0 Å². The molecule has 1 atom stereocenters. The first-order valence-corrected chi connectivity index (χ1v) is 5.26. The van der Waals surface area contributed by atoms with E-state index in [1.165, 1.54) is 5.56 Å². The summed E-state index contributed by atoms with van der Waals surface area (Å²) < 4.78 is 1.95. The molecule has 1 unspecified atom stereocenters. The molecular weight excluding hydrogens is 200 g/mol. The molecule has 0 aliphatic heterocycles. The Morgan fingerprint density at radius 2 is 2.00 bits per heavy atom. The fourth-order valence-electron chi connectivity index (χ4n) is 1.57. The fourth-order valence-corrected chi connectivity index (χ4v) is 1.57. The van der Waals surface area contributed by atoms with E-state index >= 15 is 0 Å². The zero-order valence-corrected chi connectivity index (χ0v) is 9.51. The van der Waals surface area contributed by atoms with Crippen molar-refractivity contribution in [3.63, 3.8) is 0 Å². The Kier molecular flexibility index (Phi) is 2.81. The average molecular weight is 216 g/mol. The number of hydrogen-bond donors (Lipinski definition) is 2. The molecule has 3 N–H and O–H groups in total. The van der Waals surface area contributed by atoms with E-state index in [1.807, 2.05) is 42.1 Å². The predicted molar refractivity (Wildman–Crippen MR) is 66.1 cm³/mol. The Bertz CT molecular complexity index is 458. The van der Waals surface area contributed by atoms with Gasteiger partial charge in [0.25, 0.3) is 0 Å². The van der Waals surface area contributed by atoms with Crippen molar-refractivity contribution in [2.24, 2.45) is 7.05 Å². The highest BCUT2D eigenvalue weighted by atomic mass is 15.2. The predicted octanol–water partition coefficient (Wildman–Crippen LogP) is 2.18. The maximum atomic E-state index is 5.65. The van der Waals surface area contributed by atoms with Gasteiger partial charge < -0.3 is 15.6 Å². The zero-order chi connectivity index (χ0) is 11.5. The molecule has 0 bridgehead atoms. The second-order valence-electron chi connectivity index (χ2n) is 3.89. The summed E-state index contributed by atoms with van der Waals surface area (Å²) in [5.74, 6) is 0.865. The van der Waals surface area contributed by atoms with Gasteiger partial charge in [0.15, 0.2) is 0 Å². The summed E-state index contributed by atoms with van der Waals surface area (Å²) in [6, 6.07) is 8.07. The highest BCUT2D eigenvalue weighted by molar-refractivity contribution is 5.41. The summed E-state index contributed by atoms with van der Waals surface area (Å²) in [6.07, 6.45) is 3.69. The van der Waals surface area contributed by atoms with Crippen molar-refractivity contribution < 1.29 is 0 Å². The van der Waals surface area contributed by atoms with Gasteiger partial charge >= 0.3 is 0 Å². The number of nitrogens with one attached hydrogen (secondary N) is 1.